The van der Waals surface area contributed by atoms with E-state index in [0.717, 1.165) is 51.9 Å². The van der Waals surface area contributed by atoms with E-state index in [1.165, 1.54) is 6.92 Å². The van der Waals surface area contributed by atoms with Crippen molar-refractivity contribution in [3.8, 4) is 0 Å². The summed E-state index contributed by atoms with van der Waals surface area (Å²) in [7, 11) is 0. The molecule has 25 heavy (non-hydrogen) atoms. The summed E-state index contributed by atoms with van der Waals surface area (Å²) in [5.74, 6) is -0.0889. The summed E-state index contributed by atoms with van der Waals surface area (Å²) in [5, 5.41) is 10.0. The zero-order valence-electron chi connectivity index (χ0n) is 15.6. The molecule has 1 saturated carbocycles. The Kier molecular flexibility index (Phi) is 7.43. The number of carbonyl (C=O) groups excluding carboxylic acids is 2. The summed E-state index contributed by atoms with van der Waals surface area (Å²) in [6.07, 6.45) is 7.73. The first-order valence-corrected chi connectivity index (χ1v) is 9.36. The molecule has 2 rings (SSSR count). The second kappa shape index (κ2) is 9.56. The standard InChI is InChI=1S/C18H31N5O2/c1-4-22(5-2)10-11-23-13-16(12-19-23)21-18(25)17(20-14(3)24)15-8-6-7-9-15/h12-13,15,17H,4-11H2,1-3H3,(H,20,24)(H,21,25)/t17-/m0/s1. The molecule has 0 aliphatic heterocycles. The molecular weight excluding hydrogens is 318 g/mol. The second-order valence-corrected chi connectivity index (χ2v) is 6.73. The lowest BCUT2D eigenvalue weighted by molar-refractivity contribution is -0.126. The summed E-state index contributed by atoms with van der Waals surface area (Å²) < 4.78 is 1.84. The van der Waals surface area contributed by atoms with Crippen LogP contribution in [0.3, 0.4) is 0 Å². The fourth-order valence-corrected chi connectivity index (χ4v) is 3.46. The van der Waals surface area contributed by atoms with Gasteiger partial charge < -0.3 is 15.5 Å². The van der Waals surface area contributed by atoms with E-state index in [4.69, 9.17) is 0 Å². The zero-order valence-corrected chi connectivity index (χ0v) is 15.6. The predicted octanol–water partition coefficient (Wildman–Crippen LogP) is 1.86. The third kappa shape index (κ3) is 5.85. The lowest BCUT2D eigenvalue weighted by atomic mass is 9.97. The minimum absolute atomic E-state index is 0.148. The Balaban J connectivity index is 1.92. The number of hydrogen-bond donors (Lipinski definition) is 2. The van der Waals surface area contributed by atoms with E-state index in [9.17, 15) is 9.59 Å². The van der Waals surface area contributed by atoms with Crippen molar-refractivity contribution >= 4 is 17.5 Å². The fraction of sp³-hybridized carbons (Fsp3) is 0.722. The van der Waals surface area contributed by atoms with Crippen LogP contribution in [0, 0.1) is 5.92 Å². The van der Waals surface area contributed by atoms with Crippen LogP contribution in [-0.4, -0.2) is 52.2 Å². The van der Waals surface area contributed by atoms with Crippen molar-refractivity contribution in [1.29, 1.82) is 0 Å². The second-order valence-electron chi connectivity index (χ2n) is 6.73. The number of anilines is 1. The van der Waals surface area contributed by atoms with Gasteiger partial charge in [0, 0.05) is 19.7 Å². The number of nitrogens with zero attached hydrogens (tertiary/aromatic N) is 3. The third-order valence-corrected chi connectivity index (χ3v) is 4.95. The van der Waals surface area contributed by atoms with Gasteiger partial charge in [-0.25, -0.2) is 0 Å². The Labute approximate surface area is 150 Å². The predicted molar refractivity (Wildman–Crippen MR) is 98.2 cm³/mol. The van der Waals surface area contributed by atoms with Crippen molar-refractivity contribution in [3.05, 3.63) is 12.4 Å². The van der Waals surface area contributed by atoms with Gasteiger partial charge in [0.1, 0.15) is 6.04 Å². The van der Waals surface area contributed by atoms with Crippen LogP contribution in [0.2, 0.25) is 0 Å². The van der Waals surface area contributed by atoms with E-state index in [0.29, 0.717) is 5.69 Å². The van der Waals surface area contributed by atoms with Gasteiger partial charge in [-0.3, -0.25) is 14.3 Å². The maximum absolute atomic E-state index is 12.6. The van der Waals surface area contributed by atoms with Crippen molar-refractivity contribution in [2.24, 2.45) is 5.92 Å². The van der Waals surface area contributed by atoms with Crippen molar-refractivity contribution in [3.63, 3.8) is 0 Å². The molecule has 2 amide bonds. The molecule has 1 aliphatic rings. The Bertz CT molecular complexity index is 562. The Morgan fingerprint density at radius 2 is 2.00 bits per heavy atom. The molecule has 0 bridgehead atoms. The Hall–Kier alpha value is -1.89. The number of amides is 2. The molecule has 1 aromatic rings. The zero-order chi connectivity index (χ0) is 18.2. The first-order valence-electron chi connectivity index (χ1n) is 9.36. The SMILES string of the molecule is CCN(CC)CCn1cc(NC(=O)[C@@H](NC(C)=O)C2CCCC2)cn1. The fourth-order valence-electron chi connectivity index (χ4n) is 3.46. The highest BCUT2D eigenvalue weighted by Gasteiger charge is 2.31. The molecule has 0 saturated heterocycles. The maximum Gasteiger partial charge on any atom is 0.247 e. The van der Waals surface area contributed by atoms with Crippen LogP contribution < -0.4 is 10.6 Å². The molecule has 7 heteroatoms. The molecule has 0 radical (unpaired) electrons. The van der Waals surface area contributed by atoms with Gasteiger partial charge >= 0.3 is 0 Å². The van der Waals surface area contributed by atoms with E-state index in [1.54, 1.807) is 6.20 Å². The van der Waals surface area contributed by atoms with Gasteiger partial charge in [0.05, 0.1) is 18.4 Å². The van der Waals surface area contributed by atoms with E-state index < -0.39 is 6.04 Å². The van der Waals surface area contributed by atoms with Crippen molar-refractivity contribution < 1.29 is 9.59 Å². The highest BCUT2D eigenvalue weighted by Crippen LogP contribution is 2.28. The first-order chi connectivity index (χ1) is 12.0. The highest BCUT2D eigenvalue weighted by atomic mass is 16.2. The number of hydrogen-bond acceptors (Lipinski definition) is 4. The molecular formula is C18H31N5O2. The Morgan fingerprint density at radius 1 is 1.32 bits per heavy atom. The van der Waals surface area contributed by atoms with E-state index in [1.807, 2.05) is 10.9 Å². The van der Waals surface area contributed by atoms with Crippen molar-refractivity contribution in [2.75, 3.05) is 25.0 Å². The minimum atomic E-state index is -0.459. The van der Waals surface area contributed by atoms with Crippen molar-refractivity contribution in [1.82, 2.24) is 20.0 Å². The minimum Gasteiger partial charge on any atom is -0.344 e. The summed E-state index contributed by atoms with van der Waals surface area (Å²) in [5.41, 5.74) is 0.679. The average Bonchev–Trinajstić information content (AvgIpc) is 3.25. The summed E-state index contributed by atoms with van der Waals surface area (Å²) >= 11 is 0. The molecule has 1 aromatic heterocycles. The van der Waals surface area contributed by atoms with E-state index in [2.05, 4.69) is 34.5 Å². The number of likely N-dealkylation sites (N-methyl/N-ethyl adjacent to an activating group) is 1. The number of rotatable bonds is 9. The molecule has 0 unspecified atom stereocenters. The quantitative estimate of drug-likeness (QED) is 0.713. The van der Waals surface area contributed by atoms with Crippen LogP contribution >= 0.6 is 0 Å². The molecule has 1 aliphatic carbocycles. The van der Waals surface area contributed by atoms with Gasteiger partial charge in [-0.2, -0.15) is 5.10 Å². The van der Waals surface area contributed by atoms with Crippen molar-refractivity contribution in [2.45, 2.75) is 59.0 Å². The largest absolute Gasteiger partial charge is 0.344 e. The van der Waals surface area contributed by atoms with Crippen LogP contribution in [0.4, 0.5) is 5.69 Å². The lowest BCUT2D eigenvalue weighted by Gasteiger charge is -2.22. The lowest BCUT2D eigenvalue weighted by Crippen LogP contribution is -2.47. The van der Waals surface area contributed by atoms with E-state index in [-0.39, 0.29) is 17.7 Å². The average molecular weight is 349 g/mol. The van der Waals surface area contributed by atoms with Gasteiger partial charge in [-0.15, -0.1) is 0 Å². The number of carbonyl (C=O) groups is 2. The van der Waals surface area contributed by atoms with Crippen LogP contribution in [0.25, 0.3) is 0 Å². The molecule has 0 spiro atoms. The highest BCUT2D eigenvalue weighted by molar-refractivity contribution is 5.97. The van der Waals surface area contributed by atoms with Crippen LogP contribution in [0.1, 0.15) is 46.5 Å². The monoisotopic (exact) mass is 349 g/mol. The molecule has 140 valence electrons. The van der Waals surface area contributed by atoms with Crippen LogP contribution in [-0.2, 0) is 16.1 Å². The number of aromatic nitrogens is 2. The van der Waals surface area contributed by atoms with Crippen LogP contribution in [0.15, 0.2) is 12.4 Å². The third-order valence-electron chi connectivity index (χ3n) is 4.95. The molecule has 1 heterocycles. The molecule has 1 fully saturated rings. The Morgan fingerprint density at radius 3 is 2.60 bits per heavy atom. The van der Waals surface area contributed by atoms with E-state index >= 15 is 0 Å². The van der Waals surface area contributed by atoms with Gasteiger partial charge in [0.15, 0.2) is 0 Å². The normalized spacial score (nSPS) is 16.2. The maximum atomic E-state index is 12.6. The van der Waals surface area contributed by atoms with Gasteiger partial charge in [-0.1, -0.05) is 26.7 Å². The smallest absolute Gasteiger partial charge is 0.247 e. The first kappa shape index (κ1) is 19.4. The van der Waals surface area contributed by atoms with Crippen LogP contribution in [0.5, 0.6) is 0 Å². The molecule has 1 atom stereocenters. The molecule has 7 nitrogen and oxygen atoms in total. The molecule has 0 aromatic carbocycles. The summed E-state index contributed by atoms with van der Waals surface area (Å²) in [6.45, 7) is 9.49. The van der Waals surface area contributed by atoms with Gasteiger partial charge in [0.2, 0.25) is 11.8 Å². The van der Waals surface area contributed by atoms with Gasteiger partial charge in [-0.05, 0) is 31.8 Å². The van der Waals surface area contributed by atoms with Gasteiger partial charge in [0.25, 0.3) is 0 Å². The summed E-state index contributed by atoms with van der Waals surface area (Å²) in [4.78, 5) is 26.4. The number of nitrogens with one attached hydrogen (secondary N) is 2. The summed E-state index contributed by atoms with van der Waals surface area (Å²) in [6, 6.07) is -0.459. The molecule has 2 N–H and O–H groups in total. The topological polar surface area (TPSA) is 79.3 Å².